The molecule has 1 aromatic carbocycles. The van der Waals surface area contributed by atoms with Crippen molar-refractivity contribution >= 4 is 15.5 Å². The highest BCUT2D eigenvalue weighted by Gasteiger charge is 2.28. The normalized spacial score (nSPS) is 23.0. The van der Waals surface area contributed by atoms with E-state index in [0.717, 1.165) is 18.7 Å². The predicted octanol–water partition coefficient (Wildman–Crippen LogP) is 2.37. The fraction of sp³-hybridized carbons (Fsp3) is 0.625. The average Bonchev–Trinajstić information content (AvgIpc) is 2.44. The molecule has 2 rings (SSSR count). The minimum atomic E-state index is -2.86. The van der Waals surface area contributed by atoms with E-state index in [4.69, 9.17) is 0 Å². The van der Waals surface area contributed by atoms with Crippen LogP contribution in [0.4, 0.5) is 5.69 Å². The van der Waals surface area contributed by atoms with Crippen molar-refractivity contribution < 1.29 is 8.42 Å². The molecule has 0 radical (unpaired) electrons. The number of hydrogen-bond donors (Lipinski definition) is 1. The van der Waals surface area contributed by atoms with Gasteiger partial charge in [0.25, 0.3) is 0 Å². The summed E-state index contributed by atoms with van der Waals surface area (Å²) in [5.74, 6) is 0.511. The number of rotatable bonds is 5. The first-order valence-corrected chi connectivity index (χ1v) is 9.55. The number of nitrogens with zero attached hydrogens (tertiary/aromatic N) is 1. The first-order chi connectivity index (χ1) is 9.93. The summed E-state index contributed by atoms with van der Waals surface area (Å²) in [6, 6.07) is 8.88. The van der Waals surface area contributed by atoms with Gasteiger partial charge in [-0.15, -0.1) is 0 Å². The van der Waals surface area contributed by atoms with Crippen molar-refractivity contribution in [2.75, 3.05) is 29.5 Å². The van der Waals surface area contributed by atoms with Gasteiger partial charge in [-0.2, -0.15) is 0 Å². The molecule has 0 aliphatic carbocycles. The Morgan fingerprint density at radius 2 is 2.00 bits per heavy atom. The van der Waals surface area contributed by atoms with Gasteiger partial charge in [0.15, 0.2) is 9.84 Å². The monoisotopic (exact) mass is 310 g/mol. The van der Waals surface area contributed by atoms with Gasteiger partial charge < -0.3 is 10.2 Å². The lowest BCUT2D eigenvalue weighted by Crippen LogP contribution is -2.47. The highest BCUT2D eigenvalue weighted by molar-refractivity contribution is 7.91. The van der Waals surface area contributed by atoms with E-state index in [0.29, 0.717) is 12.6 Å². The molecule has 0 aromatic heterocycles. The van der Waals surface area contributed by atoms with Gasteiger partial charge in [0, 0.05) is 24.3 Å². The van der Waals surface area contributed by atoms with Gasteiger partial charge in [-0.05, 0) is 44.5 Å². The van der Waals surface area contributed by atoms with Gasteiger partial charge in [0.1, 0.15) is 0 Å². The number of benzene rings is 1. The maximum atomic E-state index is 11.6. The molecule has 0 spiro atoms. The summed E-state index contributed by atoms with van der Waals surface area (Å²) in [5, 5.41) is 3.47. The third-order valence-corrected chi connectivity index (χ3v) is 5.89. The highest BCUT2D eigenvalue weighted by atomic mass is 32.2. The van der Waals surface area contributed by atoms with Crippen LogP contribution in [0.5, 0.6) is 0 Å². The van der Waals surface area contributed by atoms with Crippen molar-refractivity contribution in [1.29, 1.82) is 0 Å². The second-order valence-electron chi connectivity index (χ2n) is 5.92. The standard InChI is InChI=1S/C16H26N2O2S/c1-4-9-17-14(3)15-5-7-16(8-6-15)18-10-11-21(19,20)12-13(18)2/h5-8,13-14,17H,4,9-12H2,1-3H3. The van der Waals surface area contributed by atoms with E-state index in [-0.39, 0.29) is 17.5 Å². The van der Waals surface area contributed by atoms with Crippen molar-refractivity contribution in [3.05, 3.63) is 29.8 Å². The lowest BCUT2D eigenvalue weighted by atomic mass is 10.1. The maximum absolute atomic E-state index is 11.6. The van der Waals surface area contributed by atoms with E-state index >= 15 is 0 Å². The Morgan fingerprint density at radius 1 is 1.33 bits per heavy atom. The van der Waals surface area contributed by atoms with Crippen LogP contribution in [0.1, 0.15) is 38.8 Å². The third-order valence-electron chi connectivity index (χ3n) is 4.10. The summed E-state index contributed by atoms with van der Waals surface area (Å²) in [5.41, 5.74) is 2.38. The fourth-order valence-corrected chi connectivity index (χ4v) is 4.37. The van der Waals surface area contributed by atoms with Gasteiger partial charge in [0.05, 0.1) is 11.5 Å². The molecule has 118 valence electrons. The Balaban J connectivity index is 2.05. The first kappa shape index (κ1) is 16.3. The quantitative estimate of drug-likeness (QED) is 0.907. The zero-order chi connectivity index (χ0) is 15.5. The Morgan fingerprint density at radius 3 is 2.57 bits per heavy atom. The van der Waals surface area contributed by atoms with Crippen molar-refractivity contribution in [3.8, 4) is 0 Å². The van der Waals surface area contributed by atoms with Gasteiger partial charge >= 0.3 is 0 Å². The smallest absolute Gasteiger partial charge is 0.154 e. The highest BCUT2D eigenvalue weighted by Crippen LogP contribution is 2.23. The van der Waals surface area contributed by atoms with Crippen LogP contribution in [0.2, 0.25) is 0 Å². The molecule has 21 heavy (non-hydrogen) atoms. The molecule has 4 nitrogen and oxygen atoms in total. The van der Waals surface area contributed by atoms with Crippen LogP contribution in [-0.4, -0.2) is 39.1 Å². The van der Waals surface area contributed by atoms with Crippen molar-refractivity contribution in [2.45, 2.75) is 39.3 Å². The molecule has 1 N–H and O–H groups in total. The van der Waals surface area contributed by atoms with E-state index in [1.165, 1.54) is 5.56 Å². The lowest BCUT2D eigenvalue weighted by Gasteiger charge is -2.35. The zero-order valence-electron chi connectivity index (χ0n) is 13.2. The Labute approximate surface area is 128 Å². The molecule has 5 heteroatoms. The van der Waals surface area contributed by atoms with Crippen LogP contribution in [0, 0.1) is 0 Å². The van der Waals surface area contributed by atoms with Crippen LogP contribution in [0.25, 0.3) is 0 Å². The van der Waals surface area contributed by atoms with Crippen molar-refractivity contribution in [3.63, 3.8) is 0 Å². The third kappa shape index (κ3) is 4.20. The minimum absolute atomic E-state index is 0.0465. The average molecular weight is 310 g/mol. The van der Waals surface area contributed by atoms with Crippen LogP contribution >= 0.6 is 0 Å². The number of sulfone groups is 1. The van der Waals surface area contributed by atoms with Gasteiger partial charge in [0.2, 0.25) is 0 Å². The summed E-state index contributed by atoms with van der Waals surface area (Å²) in [6.45, 7) is 7.92. The van der Waals surface area contributed by atoms with E-state index in [2.05, 4.69) is 48.3 Å². The molecule has 1 aliphatic rings. The second kappa shape index (κ2) is 6.79. The fourth-order valence-electron chi connectivity index (χ4n) is 2.82. The molecule has 1 saturated heterocycles. The SMILES string of the molecule is CCCNC(C)c1ccc(N2CCS(=O)(=O)CC2C)cc1. The van der Waals surface area contributed by atoms with Crippen LogP contribution in [0.15, 0.2) is 24.3 Å². The molecular formula is C16H26N2O2S. The van der Waals surface area contributed by atoms with Crippen LogP contribution < -0.4 is 10.2 Å². The molecule has 1 aliphatic heterocycles. The predicted molar refractivity (Wildman–Crippen MR) is 88.6 cm³/mol. The number of nitrogens with one attached hydrogen (secondary N) is 1. The van der Waals surface area contributed by atoms with E-state index in [1.54, 1.807) is 0 Å². The Hall–Kier alpha value is -1.07. The molecule has 2 atom stereocenters. The summed E-state index contributed by atoms with van der Waals surface area (Å²) in [4.78, 5) is 2.19. The van der Waals surface area contributed by atoms with Gasteiger partial charge in [-0.1, -0.05) is 19.1 Å². The topological polar surface area (TPSA) is 49.4 Å². The zero-order valence-corrected chi connectivity index (χ0v) is 14.0. The Bertz CT molecular complexity index is 554. The van der Waals surface area contributed by atoms with Gasteiger partial charge in [-0.3, -0.25) is 0 Å². The summed E-state index contributed by atoms with van der Waals surface area (Å²) >= 11 is 0. The second-order valence-corrected chi connectivity index (χ2v) is 8.15. The summed E-state index contributed by atoms with van der Waals surface area (Å²) < 4.78 is 23.3. The maximum Gasteiger partial charge on any atom is 0.154 e. The lowest BCUT2D eigenvalue weighted by molar-refractivity contribution is 0.567. The summed E-state index contributed by atoms with van der Waals surface area (Å²) in [6.07, 6.45) is 1.13. The van der Waals surface area contributed by atoms with Crippen LogP contribution in [0.3, 0.4) is 0 Å². The molecule has 0 saturated carbocycles. The first-order valence-electron chi connectivity index (χ1n) is 7.73. The van der Waals surface area contributed by atoms with Crippen molar-refractivity contribution in [2.24, 2.45) is 0 Å². The largest absolute Gasteiger partial charge is 0.367 e. The van der Waals surface area contributed by atoms with Gasteiger partial charge in [-0.25, -0.2) is 8.42 Å². The molecule has 1 heterocycles. The van der Waals surface area contributed by atoms with E-state index in [9.17, 15) is 8.42 Å². The molecule has 0 bridgehead atoms. The van der Waals surface area contributed by atoms with Crippen LogP contribution in [-0.2, 0) is 9.84 Å². The molecule has 1 aromatic rings. The number of hydrogen-bond acceptors (Lipinski definition) is 4. The Kier molecular flexibility index (Phi) is 5.27. The van der Waals surface area contributed by atoms with E-state index < -0.39 is 9.84 Å². The molecular weight excluding hydrogens is 284 g/mol. The van der Waals surface area contributed by atoms with Crippen molar-refractivity contribution in [1.82, 2.24) is 5.32 Å². The molecule has 2 unspecified atom stereocenters. The number of anilines is 1. The summed E-state index contributed by atoms with van der Waals surface area (Å²) in [7, 11) is -2.86. The van der Waals surface area contributed by atoms with E-state index in [1.807, 2.05) is 6.92 Å². The molecule has 0 amide bonds. The molecule has 1 fully saturated rings. The minimum Gasteiger partial charge on any atom is -0.367 e.